The van der Waals surface area contributed by atoms with Gasteiger partial charge in [0, 0.05) is 18.0 Å². The summed E-state index contributed by atoms with van der Waals surface area (Å²) in [6.45, 7) is -0.0275. The minimum Gasteiger partial charge on any atom is -0.481 e. The van der Waals surface area contributed by atoms with Crippen LogP contribution in [0.4, 0.5) is 13.6 Å². The Morgan fingerprint density at radius 1 is 1.03 bits per heavy atom. The third-order valence-electron chi connectivity index (χ3n) is 7.49. The van der Waals surface area contributed by atoms with E-state index < -0.39 is 48.8 Å². The summed E-state index contributed by atoms with van der Waals surface area (Å²) in [6, 6.07) is 13.1. The van der Waals surface area contributed by atoms with Gasteiger partial charge in [0.25, 0.3) is 6.43 Å². The Hall–Kier alpha value is -3.49. The first kappa shape index (κ1) is 23.3. The van der Waals surface area contributed by atoms with Gasteiger partial charge >= 0.3 is 12.1 Å². The molecule has 3 aliphatic rings. The number of ether oxygens (including phenoxy) is 1. The number of rotatable bonds is 7. The molecule has 0 spiro atoms. The quantitative estimate of drug-likeness (QED) is 0.619. The number of benzene rings is 2. The van der Waals surface area contributed by atoms with Gasteiger partial charge < -0.3 is 20.1 Å². The van der Waals surface area contributed by atoms with E-state index in [2.05, 4.69) is 5.32 Å². The zero-order valence-corrected chi connectivity index (χ0v) is 18.9. The average Bonchev–Trinajstić information content (AvgIpc) is 3.52. The molecule has 184 valence electrons. The van der Waals surface area contributed by atoms with Crippen LogP contribution >= 0.6 is 0 Å². The smallest absolute Gasteiger partial charge is 0.407 e. The largest absolute Gasteiger partial charge is 0.481 e. The summed E-state index contributed by atoms with van der Waals surface area (Å²) >= 11 is 0. The second kappa shape index (κ2) is 9.28. The van der Waals surface area contributed by atoms with Crippen LogP contribution in [0.15, 0.2) is 48.5 Å². The predicted octanol–water partition coefficient (Wildman–Crippen LogP) is 4.01. The fourth-order valence-electron chi connectivity index (χ4n) is 5.93. The molecule has 4 atom stereocenters. The van der Waals surface area contributed by atoms with E-state index >= 15 is 0 Å². The number of carboxylic acid groups (broad SMARTS) is 1. The van der Waals surface area contributed by atoms with Crippen LogP contribution in [-0.2, 0) is 14.3 Å². The van der Waals surface area contributed by atoms with Crippen LogP contribution in [0.3, 0.4) is 0 Å². The summed E-state index contributed by atoms with van der Waals surface area (Å²) in [4.78, 5) is 38.2. The third kappa shape index (κ3) is 4.24. The first-order valence-electron chi connectivity index (χ1n) is 11.8. The van der Waals surface area contributed by atoms with Crippen LogP contribution in [0.25, 0.3) is 11.1 Å². The van der Waals surface area contributed by atoms with Crippen molar-refractivity contribution in [3.05, 3.63) is 59.7 Å². The van der Waals surface area contributed by atoms with Crippen molar-refractivity contribution in [2.24, 2.45) is 5.92 Å². The van der Waals surface area contributed by atoms with Crippen molar-refractivity contribution >= 4 is 18.0 Å². The molecule has 0 aromatic heterocycles. The molecule has 0 radical (unpaired) electrons. The average molecular weight is 484 g/mol. The molecule has 0 saturated carbocycles. The van der Waals surface area contributed by atoms with Gasteiger partial charge in [-0.05, 0) is 41.5 Å². The summed E-state index contributed by atoms with van der Waals surface area (Å²) in [5, 5.41) is 11.5. The molecular formula is C26H26F2N2O5. The van der Waals surface area contributed by atoms with Crippen molar-refractivity contribution in [1.82, 2.24) is 10.2 Å². The highest BCUT2D eigenvalue weighted by atomic mass is 19.3. The number of carbonyl (C=O) groups excluding carboxylic acids is 2. The number of carboxylic acids is 1. The van der Waals surface area contributed by atoms with E-state index in [4.69, 9.17) is 4.74 Å². The highest BCUT2D eigenvalue weighted by Gasteiger charge is 2.51. The molecule has 2 aliphatic heterocycles. The lowest BCUT2D eigenvalue weighted by Crippen LogP contribution is -2.46. The first-order valence-corrected chi connectivity index (χ1v) is 11.8. The van der Waals surface area contributed by atoms with E-state index in [0.717, 1.165) is 22.3 Å². The second-order valence-electron chi connectivity index (χ2n) is 9.39. The minimum absolute atomic E-state index is 0.0275. The van der Waals surface area contributed by atoms with E-state index in [-0.39, 0.29) is 18.6 Å². The van der Waals surface area contributed by atoms with Crippen LogP contribution < -0.4 is 5.32 Å². The molecule has 2 aromatic rings. The van der Waals surface area contributed by atoms with Gasteiger partial charge in [-0.2, -0.15) is 0 Å². The normalized spacial score (nSPS) is 23.2. The number of nitrogens with zero attached hydrogens (tertiary/aromatic N) is 1. The lowest BCUT2D eigenvalue weighted by molar-refractivity contribution is -0.143. The summed E-state index contributed by atoms with van der Waals surface area (Å²) in [5.74, 6) is -2.42. The fraction of sp³-hybridized carbons (Fsp3) is 0.423. The lowest BCUT2D eigenvalue weighted by Gasteiger charge is -2.26. The molecule has 35 heavy (non-hydrogen) atoms. The van der Waals surface area contributed by atoms with Gasteiger partial charge in [0.2, 0.25) is 5.91 Å². The number of alkyl halides is 2. The molecule has 1 aliphatic carbocycles. The lowest BCUT2D eigenvalue weighted by atomic mass is 9.89. The van der Waals surface area contributed by atoms with Crippen LogP contribution in [0.5, 0.6) is 0 Å². The summed E-state index contributed by atoms with van der Waals surface area (Å²) in [6.07, 6.45) is -3.05. The Kier molecular flexibility index (Phi) is 6.17. The molecule has 4 unspecified atom stereocenters. The molecule has 2 N–H and O–H groups in total. The van der Waals surface area contributed by atoms with Crippen molar-refractivity contribution in [2.45, 2.75) is 56.2 Å². The van der Waals surface area contributed by atoms with Crippen molar-refractivity contribution in [1.29, 1.82) is 0 Å². The van der Waals surface area contributed by atoms with Gasteiger partial charge in [-0.1, -0.05) is 48.5 Å². The molecule has 2 amide bonds. The molecule has 2 bridgehead atoms. The molecule has 9 heteroatoms. The SMILES string of the molecule is O=C(NC(CC(=O)N1C2CCC1C(C(=O)O)C2)C(F)F)OCC1c2ccccc2-c2ccccc21. The van der Waals surface area contributed by atoms with E-state index in [1.807, 2.05) is 48.5 Å². The van der Waals surface area contributed by atoms with Crippen molar-refractivity contribution in [2.75, 3.05) is 6.61 Å². The number of amides is 2. The van der Waals surface area contributed by atoms with Gasteiger partial charge in [0.05, 0.1) is 12.3 Å². The van der Waals surface area contributed by atoms with Crippen LogP contribution in [0.2, 0.25) is 0 Å². The van der Waals surface area contributed by atoms with E-state index in [9.17, 15) is 28.3 Å². The van der Waals surface area contributed by atoms with Crippen LogP contribution in [0.1, 0.15) is 42.7 Å². The van der Waals surface area contributed by atoms with E-state index in [1.54, 1.807) is 0 Å². The standard InChI is InChI=1S/C26H26F2N2O5/c27-24(28)21(12-23(31)30-14-9-10-22(30)19(11-14)25(32)33)29-26(34)35-13-20-17-7-3-1-5-15(17)16-6-2-4-8-18(16)20/h1-8,14,19-22,24H,9-13H2,(H,29,34)(H,32,33). The Labute approximate surface area is 201 Å². The molecule has 2 aromatic carbocycles. The number of aliphatic carboxylic acids is 1. The Balaban J connectivity index is 1.21. The van der Waals surface area contributed by atoms with Gasteiger partial charge in [-0.25, -0.2) is 13.6 Å². The molecule has 7 nitrogen and oxygen atoms in total. The van der Waals surface area contributed by atoms with Crippen molar-refractivity contribution < 1.29 is 33.0 Å². The molecule has 2 fully saturated rings. The predicted molar refractivity (Wildman–Crippen MR) is 122 cm³/mol. The maximum atomic E-state index is 13.7. The van der Waals surface area contributed by atoms with Gasteiger partial charge in [0.1, 0.15) is 12.6 Å². The number of hydrogen-bond acceptors (Lipinski definition) is 4. The number of hydrogen-bond donors (Lipinski definition) is 2. The number of alkyl carbamates (subject to hydrolysis) is 1. The molecular weight excluding hydrogens is 458 g/mol. The monoisotopic (exact) mass is 484 g/mol. The van der Waals surface area contributed by atoms with Crippen molar-refractivity contribution in [3.8, 4) is 11.1 Å². The van der Waals surface area contributed by atoms with Crippen LogP contribution in [0, 0.1) is 5.92 Å². The van der Waals surface area contributed by atoms with E-state index in [0.29, 0.717) is 19.3 Å². The van der Waals surface area contributed by atoms with Gasteiger partial charge in [-0.15, -0.1) is 0 Å². The highest BCUT2D eigenvalue weighted by Crippen LogP contribution is 2.45. The Morgan fingerprint density at radius 3 is 2.23 bits per heavy atom. The van der Waals surface area contributed by atoms with Gasteiger partial charge in [-0.3, -0.25) is 9.59 Å². The number of nitrogens with one attached hydrogen (secondary N) is 1. The van der Waals surface area contributed by atoms with Gasteiger partial charge in [0.15, 0.2) is 0 Å². The number of fused-ring (bicyclic) bond motifs is 5. The topological polar surface area (TPSA) is 95.9 Å². The fourth-order valence-corrected chi connectivity index (χ4v) is 5.93. The Morgan fingerprint density at radius 2 is 1.66 bits per heavy atom. The Bertz CT molecular complexity index is 1110. The maximum absolute atomic E-state index is 13.7. The molecule has 5 rings (SSSR count). The minimum atomic E-state index is -2.98. The first-order chi connectivity index (χ1) is 16.8. The van der Waals surface area contributed by atoms with Crippen molar-refractivity contribution in [3.63, 3.8) is 0 Å². The second-order valence-corrected chi connectivity index (χ2v) is 9.39. The maximum Gasteiger partial charge on any atom is 0.407 e. The summed E-state index contributed by atoms with van der Waals surface area (Å²) in [5.41, 5.74) is 4.10. The number of halogens is 2. The zero-order valence-electron chi connectivity index (χ0n) is 18.9. The number of carbonyl (C=O) groups is 3. The summed E-state index contributed by atoms with van der Waals surface area (Å²) in [7, 11) is 0. The van der Waals surface area contributed by atoms with Crippen LogP contribution in [-0.4, -0.2) is 59.1 Å². The highest BCUT2D eigenvalue weighted by molar-refractivity contribution is 5.82. The molecule has 2 heterocycles. The van der Waals surface area contributed by atoms with E-state index in [1.165, 1.54) is 4.90 Å². The summed E-state index contributed by atoms with van der Waals surface area (Å²) < 4.78 is 32.8. The molecule has 2 saturated heterocycles. The third-order valence-corrected chi connectivity index (χ3v) is 7.49. The zero-order chi connectivity index (χ0) is 24.7.